The Labute approximate surface area is 150 Å². The van der Waals surface area contributed by atoms with Crippen molar-refractivity contribution in [2.45, 2.75) is 13.5 Å². The van der Waals surface area contributed by atoms with Crippen LogP contribution in [0.2, 0.25) is 0 Å². The predicted molar refractivity (Wildman–Crippen MR) is 98.6 cm³/mol. The number of carbonyl (C=O) groups is 1. The largest absolute Gasteiger partial charge is 0.491 e. The molecule has 5 nitrogen and oxygen atoms in total. The van der Waals surface area contributed by atoms with Crippen LogP contribution >= 0.6 is 15.9 Å². The normalized spacial score (nSPS) is 10.3. The Morgan fingerprint density at radius 2 is 1.88 bits per heavy atom. The van der Waals surface area contributed by atoms with Crippen LogP contribution in [0.4, 0.5) is 10.5 Å². The molecule has 0 saturated carbocycles. The minimum Gasteiger partial charge on any atom is -0.491 e. The lowest BCUT2D eigenvalue weighted by Crippen LogP contribution is -2.28. The van der Waals surface area contributed by atoms with Gasteiger partial charge in [-0.05, 0) is 48.4 Å². The monoisotopic (exact) mass is 392 g/mol. The number of aryl methyl sites for hydroxylation is 1. The fourth-order valence-corrected chi connectivity index (χ4v) is 2.54. The highest BCUT2D eigenvalue weighted by atomic mass is 79.9. The number of nitrogens with one attached hydrogen (secondary N) is 2. The van der Waals surface area contributed by atoms with Gasteiger partial charge in [0.25, 0.3) is 0 Å². The maximum atomic E-state index is 12.0. The summed E-state index contributed by atoms with van der Waals surface area (Å²) in [7, 11) is 1.64. The van der Waals surface area contributed by atoms with Crippen LogP contribution in [0.3, 0.4) is 0 Å². The van der Waals surface area contributed by atoms with Crippen molar-refractivity contribution in [2.24, 2.45) is 0 Å². The number of benzene rings is 2. The third-order valence-corrected chi connectivity index (χ3v) is 3.86. The van der Waals surface area contributed by atoms with Gasteiger partial charge in [-0.2, -0.15) is 0 Å². The number of halogens is 1. The Kier molecular flexibility index (Phi) is 7.08. The molecule has 2 rings (SSSR count). The summed E-state index contributed by atoms with van der Waals surface area (Å²) < 4.78 is 11.4. The Hall–Kier alpha value is -2.05. The van der Waals surface area contributed by atoms with Crippen LogP contribution in [0.1, 0.15) is 11.1 Å². The Balaban J connectivity index is 1.81. The lowest BCUT2D eigenvalue weighted by molar-refractivity contribution is 0.146. The summed E-state index contributed by atoms with van der Waals surface area (Å²) in [5, 5.41) is 5.68. The van der Waals surface area contributed by atoms with E-state index < -0.39 is 0 Å². The fourth-order valence-electron chi connectivity index (χ4n) is 2.06. The quantitative estimate of drug-likeness (QED) is 0.697. The number of hydrogen-bond acceptors (Lipinski definition) is 3. The van der Waals surface area contributed by atoms with Gasteiger partial charge >= 0.3 is 6.03 Å². The first-order chi connectivity index (χ1) is 11.6. The van der Waals surface area contributed by atoms with Gasteiger partial charge in [0.15, 0.2) is 0 Å². The first-order valence-electron chi connectivity index (χ1n) is 7.60. The van der Waals surface area contributed by atoms with E-state index >= 15 is 0 Å². The second kappa shape index (κ2) is 9.30. The van der Waals surface area contributed by atoms with Crippen LogP contribution in [0.25, 0.3) is 0 Å². The van der Waals surface area contributed by atoms with E-state index in [1.807, 2.05) is 49.4 Å². The van der Waals surface area contributed by atoms with E-state index in [0.29, 0.717) is 19.8 Å². The molecule has 0 aliphatic heterocycles. The molecule has 2 aromatic carbocycles. The molecule has 0 radical (unpaired) electrons. The van der Waals surface area contributed by atoms with E-state index in [9.17, 15) is 4.79 Å². The van der Waals surface area contributed by atoms with Crippen LogP contribution in [-0.2, 0) is 11.3 Å². The molecule has 0 aliphatic carbocycles. The predicted octanol–water partition coefficient (Wildman–Crippen LogP) is 4.10. The van der Waals surface area contributed by atoms with Gasteiger partial charge in [-0.3, -0.25) is 0 Å². The Bertz CT molecular complexity index is 674. The van der Waals surface area contributed by atoms with Gasteiger partial charge in [0.2, 0.25) is 0 Å². The fraction of sp³-hybridized carbons (Fsp3) is 0.278. The lowest BCUT2D eigenvalue weighted by atomic mass is 10.2. The van der Waals surface area contributed by atoms with Crippen molar-refractivity contribution in [2.75, 3.05) is 25.6 Å². The maximum absolute atomic E-state index is 12.0. The second-order valence-corrected chi connectivity index (χ2v) is 6.17. The van der Waals surface area contributed by atoms with Crippen molar-refractivity contribution in [1.29, 1.82) is 0 Å². The summed E-state index contributed by atoms with van der Waals surface area (Å²) >= 11 is 3.40. The number of anilines is 1. The zero-order valence-electron chi connectivity index (χ0n) is 13.8. The number of methoxy groups -OCH3 is 1. The van der Waals surface area contributed by atoms with Crippen molar-refractivity contribution in [1.82, 2.24) is 5.32 Å². The Morgan fingerprint density at radius 3 is 2.54 bits per heavy atom. The minimum atomic E-state index is -0.235. The molecule has 2 N–H and O–H groups in total. The van der Waals surface area contributed by atoms with Crippen LogP contribution in [0.5, 0.6) is 5.75 Å². The van der Waals surface area contributed by atoms with Gasteiger partial charge in [0.05, 0.1) is 6.61 Å². The number of urea groups is 1. The molecule has 0 aliphatic rings. The molecule has 2 aromatic rings. The SMILES string of the molecule is COCCOc1ccc(CNC(=O)Nc2ccc(Br)cc2C)cc1. The van der Waals surface area contributed by atoms with E-state index in [2.05, 4.69) is 26.6 Å². The molecule has 0 spiro atoms. The van der Waals surface area contributed by atoms with Crippen LogP contribution in [-0.4, -0.2) is 26.4 Å². The Morgan fingerprint density at radius 1 is 1.12 bits per heavy atom. The highest BCUT2D eigenvalue weighted by Gasteiger charge is 2.05. The van der Waals surface area contributed by atoms with Crippen molar-refractivity contribution in [3.8, 4) is 5.75 Å². The van der Waals surface area contributed by atoms with Crippen molar-refractivity contribution in [3.05, 3.63) is 58.1 Å². The van der Waals surface area contributed by atoms with Gasteiger partial charge in [-0.15, -0.1) is 0 Å². The zero-order chi connectivity index (χ0) is 17.4. The third kappa shape index (κ3) is 5.86. The van der Waals surface area contributed by atoms with Crippen LogP contribution in [0.15, 0.2) is 46.9 Å². The minimum absolute atomic E-state index is 0.235. The molecule has 24 heavy (non-hydrogen) atoms. The van der Waals surface area contributed by atoms with Crippen molar-refractivity contribution < 1.29 is 14.3 Å². The van der Waals surface area contributed by atoms with E-state index in [0.717, 1.165) is 27.0 Å². The van der Waals surface area contributed by atoms with Crippen LogP contribution in [0, 0.1) is 6.92 Å². The smallest absolute Gasteiger partial charge is 0.319 e. The van der Waals surface area contributed by atoms with Gasteiger partial charge in [0, 0.05) is 23.8 Å². The second-order valence-electron chi connectivity index (χ2n) is 5.25. The van der Waals surface area contributed by atoms with Crippen molar-refractivity contribution >= 4 is 27.6 Å². The number of rotatable bonds is 7. The topological polar surface area (TPSA) is 59.6 Å². The molecule has 0 aromatic heterocycles. The molecule has 2 amide bonds. The maximum Gasteiger partial charge on any atom is 0.319 e. The first kappa shape index (κ1) is 18.3. The summed E-state index contributed by atoms with van der Waals surface area (Å²) in [4.78, 5) is 12.0. The molecule has 6 heteroatoms. The van der Waals surface area contributed by atoms with E-state index in [-0.39, 0.29) is 6.03 Å². The summed E-state index contributed by atoms with van der Waals surface area (Å²) in [6.45, 7) is 3.46. The third-order valence-electron chi connectivity index (χ3n) is 3.37. The van der Waals surface area contributed by atoms with Crippen molar-refractivity contribution in [3.63, 3.8) is 0 Å². The van der Waals surface area contributed by atoms with Gasteiger partial charge in [0.1, 0.15) is 12.4 Å². The van der Waals surface area contributed by atoms with Gasteiger partial charge in [-0.1, -0.05) is 28.1 Å². The van der Waals surface area contributed by atoms with E-state index in [1.54, 1.807) is 7.11 Å². The summed E-state index contributed by atoms with van der Waals surface area (Å²) in [5.41, 5.74) is 2.78. The van der Waals surface area contributed by atoms with Crippen LogP contribution < -0.4 is 15.4 Å². The average Bonchev–Trinajstić information content (AvgIpc) is 2.57. The standard InChI is InChI=1S/C18H21BrN2O3/c1-13-11-15(19)5-8-17(13)21-18(22)20-12-14-3-6-16(7-4-14)24-10-9-23-2/h3-8,11H,9-10,12H2,1-2H3,(H2,20,21,22). The van der Waals surface area contributed by atoms with E-state index in [4.69, 9.17) is 9.47 Å². The highest BCUT2D eigenvalue weighted by Crippen LogP contribution is 2.20. The molecule has 0 unspecified atom stereocenters. The molecule has 128 valence electrons. The van der Waals surface area contributed by atoms with E-state index in [1.165, 1.54) is 0 Å². The highest BCUT2D eigenvalue weighted by molar-refractivity contribution is 9.10. The zero-order valence-corrected chi connectivity index (χ0v) is 15.4. The molecule has 0 atom stereocenters. The molecule has 0 saturated heterocycles. The first-order valence-corrected chi connectivity index (χ1v) is 8.39. The number of ether oxygens (including phenoxy) is 2. The molecule has 0 fully saturated rings. The molecular weight excluding hydrogens is 372 g/mol. The average molecular weight is 393 g/mol. The molecule has 0 heterocycles. The number of carbonyl (C=O) groups excluding carboxylic acids is 1. The number of hydrogen-bond donors (Lipinski definition) is 2. The summed E-state index contributed by atoms with van der Waals surface area (Å²) in [6.07, 6.45) is 0. The van der Waals surface area contributed by atoms with Gasteiger partial charge in [-0.25, -0.2) is 4.79 Å². The summed E-state index contributed by atoms with van der Waals surface area (Å²) in [6, 6.07) is 13.1. The summed E-state index contributed by atoms with van der Waals surface area (Å²) in [5.74, 6) is 0.783. The number of amides is 2. The lowest BCUT2D eigenvalue weighted by Gasteiger charge is -2.11. The molecule has 0 bridgehead atoms. The molecular formula is C18H21BrN2O3. The van der Waals surface area contributed by atoms with Gasteiger partial charge < -0.3 is 20.1 Å².